The van der Waals surface area contributed by atoms with Crippen molar-refractivity contribution in [3.63, 3.8) is 0 Å². The highest BCUT2D eigenvalue weighted by Gasteiger charge is 2.37. The Morgan fingerprint density at radius 1 is 1.47 bits per heavy atom. The lowest BCUT2D eigenvalue weighted by molar-refractivity contribution is -0.138. The van der Waals surface area contributed by atoms with Crippen molar-refractivity contribution in [3.8, 4) is 0 Å². The van der Waals surface area contributed by atoms with E-state index in [4.69, 9.17) is 5.11 Å². The molecular weight excluding hydrogens is 267 g/mol. The number of halogens is 3. The number of alkyl halides is 3. The quantitative estimate of drug-likeness (QED) is 0.925. The van der Waals surface area contributed by atoms with Crippen molar-refractivity contribution >= 4 is 5.97 Å². The third-order valence-corrected chi connectivity index (χ3v) is 2.31. The second kappa shape index (κ2) is 4.41. The minimum Gasteiger partial charge on any atom is -0.478 e. The molecule has 2 rings (SSSR count). The van der Waals surface area contributed by atoms with Gasteiger partial charge in [-0.1, -0.05) is 5.16 Å². The largest absolute Gasteiger partial charge is 0.478 e. The molecule has 2 aromatic heterocycles. The van der Waals surface area contributed by atoms with E-state index in [1.165, 1.54) is 6.92 Å². The number of aryl methyl sites for hydroxylation is 1. The Morgan fingerprint density at radius 2 is 2.16 bits per heavy atom. The molecule has 9 heteroatoms. The number of rotatable bonds is 3. The molecule has 2 aromatic rings. The molecule has 0 aromatic carbocycles. The lowest BCUT2D eigenvalue weighted by Crippen LogP contribution is -2.09. The molecule has 2 heterocycles. The number of hydrogen-bond acceptors (Lipinski definition) is 4. The van der Waals surface area contributed by atoms with Gasteiger partial charge in [0.2, 0.25) is 5.89 Å². The number of carbonyl (C=O) groups is 1. The third kappa shape index (κ3) is 2.75. The van der Waals surface area contributed by atoms with E-state index in [0.717, 1.165) is 10.8 Å². The SMILES string of the molecule is Cc1nc(Cn2cc(C(=O)O)c(C(F)(F)F)c2)no1. The van der Waals surface area contributed by atoms with E-state index in [2.05, 4.69) is 14.7 Å². The van der Waals surface area contributed by atoms with E-state index in [1.54, 1.807) is 0 Å². The fourth-order valence-corrected chi connectivity index (χ4v) is 1.56. The molecule has 0 saturated carbocycles. The van der Waals surface area contributed by atoms with Crippen LogP contribution in [-0.4, -0.2) is 25.8 Å². The number of aromatic nitrogens is 3. The zero-order chi connectivity index (χ0) is 14.2. The van der Waals surface area contributed by atoms with Crippen molar-refractivity contribution in [2.75, 3.05) is 0 Å². The summed E-state index contributed by atoms with van der Waals surface area (Å²) in [6.45, 7) is 1.43. The molecule has 102 valence electrons. The van der Waals surface area contributed by atoms with Gasteiger partial charge < -0.3 is 14.2 Å². The fraction of sp³-hybridized carbons (Fsp3) is 0.300. The van der Waals surface area contributed by atoms with Crippen LogP contribution in [0.3, 0.4) is 0 Å². The van der Waals surface area contributed by atoms with Gasteiger partial charge in [-0.3, -0.25) is 0 Å². The smallest absolute Gasteiger partial charge is 0.418 e. The number of aromatic carboxylic acids is 1. The summed E-state index contributed by atoms with van der Waals surface area (Å²) in [5, 5.41) is 12.3. The second-order valence-electron chi connectivity index (χ2n) is 3.79. The zero-order valence-corrected chi connectivity index (χ0v) is 9.60. The molecular formula is C10H8F3N3O3. The highest BCUT2D eigenvalue weighted by molar-refractivity contribution is 5.89. The number of carboxylic acids is 1. The Bertz CT molecular complexity index is 615. The molecule has 0 unspecified atom stereocenters. The molecule has 0 radical (unpaired) electrons. The zero-order valence-electron chi connectivity index (χ0n) is 9.60. The normalized spacial score (nSPS) is 11.8. The van der Waals surface area contributed by atoms with Gasteiger partial charge in [-0.2, -0.15) is 18.2 Å². The summed E-state index contributed by atoms with van der Waals surface area (Å²) in [4.78, 5) is 14.6. The summed E-state index contributed by atoms with van der Waals surface area (Å²) in [6, 6.07) is 0. The van der Waals surface area contributed by atoms with Gasteiger partial charge in [0, 0.05) is 19.3 Å². The fourth-order valence-electron chi connectivity index (χ4n) is 1.56. The first-order chi connectivity index (χ1) is 8.77. The maximum absolute atomic E-state index is 12.6. The predicted octanol–water partition coefficient (Wildman–Crippen LogP) is 1.94. The van der Waals surface area contributed by atoms with Gasteiger partial charge >= 0.3 is 12.1 Å². The molecule has 0 bridgehead atoms. The molecule has 19 heavy (non-hydrogen) atoms. The summed E-state index contributed by atoms with van der Waals surface area (Å²) in [7, 11) is 0. The Morgan fingerprint density at radius 3 is 2.58 bits per heavy atom. The lowest BCUT2D eigenvalue weighted by Gasteiger charge is -2.04. The van der Waals surface area contributed by atoms with Gasteiger partial charge in [0.1, 0.15) is 0 Å². The van der Waals surface area contributed by atoms with Crippen LogP contribution in [0.4, 0.5) is 13.2 Å². The number of nitrogens with zero attached hydrogens (tertiary/aromatic N) is 3. The molecule has 0 aliphatic rings. The second-order valence-corrected chi connectivity index (χ2v) is 3.79. The maximum atomic E-state index is 12.6. The number of hydrogen-bond donors (Lipinski definition) is 1. The monoisotopic (exact) mass is 275 g/mol. The minimum absolute atomic E-state index is 0.103. The molecule has 0 amide bonds. The van der Waals surface area contributed by atoms with Crippen molar-refractivity contribution in [3.05, 3.63) is 35.2 Å². The average molecular weight is 275 g/mol. The van der Waals surface area contributed by atoms with Crippen LogP contribution in [0.2, 0.25) is 0 Å². The van der Waals surface area contributed by atoms with Gasteiger partial charge in [0.05, 0.1) is 17.7 Å². The molecule has 6 nitrogen and oxygen atoms in total. The van der Waals surface area contributed by atoms with E-state index in [0.29, 0.717) is 6.20 Å². The maximum Gasteiger partial charge on any atom is 0.418 e. The summed E-state index contributed by atoms with van der Waals surface area (Å²) in [5.41, 5.74) is -2.02. The van der Waals surface area contributed by atoms with Gasteiger partial charge in [-0.05, 0) is 0 Å². The summed E-state index contributed by atoms with van der Waals surface area (Å²) in [5.74, 6) is -1.20. The highest BCUT2D eigenvalue weighted by atomic mass is 19.4. The molecule has 0 spiro atoms. The molecule has 0 aliphatic heterocycles. The van der Waals surface area contributed by atoms with E-state index in [-0.39, 0.29) is 18.3 Å². The third-order valence-electron chi connectivity index (χ3n) is 2.31. The minimum atomic E-state index is -4.73. The van der Waals surface area contributed by atoms with Crippen LogP contribution >= 0.6 is 0 Å². The van der Waals surface area contributed by atoms with Crippen LogP contribution in [0.1, 0.15) is 27.6 Å². The topological polar surface area (TPSA) is 81.2 Å². The molecule has 0 fully saturated rings. The summed E-state index contributed by atoms with van der Waals surface area (Å²) >= 11 is 0. The Kier molecular flexibility index (Phi) is 3.05. The van der Waals surface area contributed by atoms with Crippen LogP contribution in [-0.2, 0) is 12.7 Å². The van der Waals surface area contributed by atoms with Gasteiger partial charge in [-0.25, -0.2) is 4.79 Å². The van der Waals surface area contributed by atoms with Crippen LogP contribution < -0.4 is 0 Å². The molecule has 0 saturated heterocycles. The standard InChI is InChI=1S/C10H8F3N3O3/c1-5-14-8(15-19-5)4-16-2-6(9(17)18)7(3-16)10(11,12)13/h2-3H,4H2,1H3,(H,17,18). The van der Waals surface area contributed by atoms with E-state index in [9.17, 15) is 18.0 Å². The van der Waals surface area contributed by atoms with Crippen molar-refractivity contribution in [1.29, 1.82) is 0 Å². The Balaban J connectivity index is 2.35. The molecule has 0 atom stereocenters. The first-order valence-corrected chi connectivity index (χ1v) is 5.07. The van der Waals surface area contributed by atoms with Crippen molar-refractivity contribution < 1.29 is 27.6 Å². The van der Waals surface area contributed by atoms with Crippen LogP contribution in [0.15, 0.2) is 16.9 Å². The van der Waals surface area contributed by atoms with Crippen molar-refractivity contribution in [1.82, 2.24) is 14.7 Å². The van der Waals surface area contributed by atoms with Gasteiger partial charge in [0.15, 0.2) is 5.82 Å². The average Bonchev–Trinajstić information content (AvgIpc) is 2.85. The Hall–Kier alpha value is -2.32. The first-order valence-electron chi connectivity index (χ1n) is 5.07. The molecule has 0 aliphatic carbocycles. The van der Waals surface area contributed by atoms with Crippen molar-refractivity contribution in [2.45, 2.75) is 19.6 Å². The highest BCUT2D eigenvalue weighted by Crippen LogP contribution is 2.32. The van der Waals surface area contributed by atoms with E-state index in [1.807, 2.05) is 0 Å². The Labute approximate surface area is 104 Å². The van der Waals surface area contributed by atoms with Crippen molar-refractivity contribution in [2.24, 2.45) is 0 Å². The first kappa shape index (κ1) is 13.1. The summed E-state index contributed by atoms with van der Waals surface area (Å²) in [6.07, 6.45) is -3.14. The van der Waals surface area contributed by atoms with Gasteiger partial charge in [0.25, 0.3) is 0 Å². The lowest BCUT2D eigenvalue weighted by atomic mass is 10.2. The van der Waals surface area contributed by atoms with Crippen LogP contribution in [0.5, 0.6) is 0 Å². The predicted molar refractivity (Wildman–Crippen MR) is 54.5 cm³/mol. The summed E-state index contributed by atoms with van der Waals surface area (Å²) < 4.78 is 43.6. The van der Waals surface area contributed by atoms with E-state index >= 15 is 0 Å². The van der Waals surface area contributed by atoms with Crippen LogP contribution in [0, 0.1) is 6.92 Å². The molecule has 1 N–H and O–H groups in total. The number of carboxylic acid groups (broad SMARTS) is 1. The van der Waals surface area contributed by atoms with Crippen LogP contribution in [0.25, 0.3) is 0 Å². The van der Waals surface area contributed by atoms with Gasteiger partial charge in [-0.15, -0.1) is 0 Å². The van der Waals surface area contributed by atoms with E-state index < -0.39 is 23.3 Å².